The average Bonchev–Trinajstić information content (AvgIpc) is 3.03. The van der Waals surface area contributed by atoms with Crippen molar-refractivity contribution in [2.75, 3.05) is 19.9 Å². The summed E-state index contributed by atoms with van der Waals surface area (Å²) in [6, 6.07) is 7.17. The number of ether oxygens (including phenoxy) is 2. The zero-order valence-corrected chi connectivity index (χ0v) is 15.6. The maximum atomic E-state index is 12.7. The molecule has 1 saturated heterocycles. The molecule has 0 radical (unpaired) electrons. The van der Waals surface area contributed by atoms with E-state index >= 15 is 0 Å². The molecule has 0 aliphatic carbocycles. The second kappa shape index (κ2) is 8.29. The molecule has 1 N–H and O–H groups in total. The van der Waals surface area contributed by atoms with E-state index in [9.17, 15) is 9.59 Å². The Morgan fingerprint density at radius 1 is 0.964 bits per heavy atom. The Labute approximate surface area is 163 Å². The van der Waals surface area contributed by atoms with Gasteiger partial charge >= 0.3 is 0 Å². The van der Waals surface area contributed by atoms with Gasteiger partial charge in [0.2, 0.25) is 6.79 Å². The molecule has 3 heterocycles. The Kier molecular flexibility index (Phi) is 5.41. The van der Waals surface area contributed by atoms with Gasteiger partial charge in [-0.2, -0.15) is 0 Å². The quantitative estimate of drug-likeness (QED) is 0.881. The second-order valence-electron chi connectivity index (χ2n) is 7.04. The SMILES string of the molecule is O=C(NCc1ccc2c(c1)OCO2)c1cncc(C(=O)N2CCCCCC2)c1. The number of hydrogen-bond donors (Lipinski definition) is 1. The molecule has 4 rings (SSSR count). The molecule has 0 unspecified atom stereocenters. The van der Waals surface area contributed by atoms with Gasteiger partial charge in [-0.15, -0.1) is 0 Å². The number of nitrogens with one attached hydrogen (secondary N) is 1. The summed E-state index contributed by atoms with van der Waals surface area (Å²) in [7, 11) is 0. The van der Waals surface area contributed by atoms with Crippen molar-refractivity contribution < 1.29 is 19.1 Å². The molecule has 7 heteroatoms. The summed E-state index contributed by atoms with van der Waals surface area (Å²) in [5.74, 6) is 1.06. The average molecular weight is 381 g/mol. The van der Waals surface area contributed by atoms with E-state index in [-0.39, 0.29) is 18.6 Å². The van der Waals surface area contributed by atoms with E-state index in [0.717, 1.165) is 44.3 Å². The molecule has 146 valence electrons. The summed E-state index contributed by atoms with van der Waals surface area (Å²) in [4.78, 5) is 31.2. The Morgan fingerprint density at radius 2 is 1.71 bits per heavy atom. The number of aromatic nitrogens is 1. The highest BCUT2D eigenvalue weighted by molar-refractivity contribution is 5.99. The molecule has 2 aliphatic heterocycles. The van der Waals surface area contributed by atoms with Gasteiger partial charge in [-0.3, -0.25) is 14.6 Å². The molecule has 1 fully saturated rings. The summed E-state index contributed by atoms with van der Waals surface area (Å²) < 4.78 is 10.6. The highest BCUT2D eigenvalue weighted by Crippen LogP contribution is 2.32. The van der Waals surface area contributed by atoms with Crippen LogP contribution in [0.2, 0.25) is 0 Å². The predicted molar refractivity (Wildman–Crippen MR) is 102 cm³/mol. The van der Waals surface area contributed by atoms with Gasteiger partial charge in [-0.25, -0.2) is 0 Å². The number of likely N-dealkylation sites (tertiary alicyclic amines) is 1. The van der Waals surface area contributed by atoms with Crippen LogP contribution in [0.25, 0.3) is 0 Å². The van der Waals surface area contributed by atoms with Crippen molar-refractivity contribution in [3.8, 4) is 11.5 Å². The van der Waals surface area contributed by atoms with E-state index in [4.69, 9.17) is 9.47 Å². The molecule has 28 heavy (non-hydrogen) atoms. The number of carbonyl (C=O) groups excluding carboxylic acids is 2. The number of fused-ring (bicyclic) bond motifs is 1. The lowest BCUT2D eigenvalue weighted by Gasteiger charge is -2.20. The van der Waals surface area contributed by atoms with Crippen molar-refractivity contribution >= 4 is 11.8 Å². The van der Waals surface area contributed by atoms with Crippen molar-refractivity contribution in [3.63, 3.8) is 0 Å². The summed E-state index contributed by atoms with van der Waals surface area (Å²) in [6.07, 6.45) is 7.37. The van der Waals surface area contributed by atoms with Crippen LogP contribution in [-0.2, 0) is 6.54 Å². The first-order valence-electron chi connectivity index (χ1n) is 9.62. The topological polar surface area (TPSA) is 80.8 Å². The number of rotatable bonds is 4. The largest absolute Gasteiger partial charge is 0.454 e. The van der Waals surface area contributed by atoms with Crippen molar-refractivity contribution in [3.05, 3.63) is 53.3 Å². The highest BCUT2D eigenvalue weighted by Gasteiger charge is 2.19. The predicted octanol–water partition coefficient (Wildman–Crippen LogP) is 2.76. The molecule has 0 atom stereocenters. The molecule has 0 saturated carbocycles. The van der Waals surface area contributed by atoms with E-state index in [0.29, 0.717) is 29.2 Å². The number of benzene rings is 1. The number of amides is 2. The number of pyridine rings is 1. The van der Waals surface area contributed by atoms with Crippen LogP contribution in [-0.4, -0.2) is 41.6 Å². The molecule has 0 bridgehead atoms. The minimum atomic E-state index is -0.268. The van der Waals surface area contributed by atoms with Crippen molar-refractivity contribution in [2.45, 2.75) is 32.2 Å². The van der Waals surface area contributed by atoms with Crippen LogP contribution in [0.15, 0.2) is 36.7 Å². The van der Waals surface area contributed by atoms with Crippen LogP contribution in [0.3, 0.4) is 0 Å². The van der Waals surface area contributed by atoms with Crippen molar-refractivity contribution in [1.29, 1.82) is 0 Å². The zero-order chi connectivity index (χ0) is 19.3. The maximum Gasteiger partial charge on any atom is 0.255 e. The van der Waals surface area contributed by atoms with Gasteiger partial charge in [0.1, 0.15) is 0 Å². The van der Waals surface area contributed by atoms with Crippen LogP contribution in [0.1, 0.15) is 52.0 Å². The van der Waals surface area contributed by atoms with Crippen molar-refractivity contribution in [2.24, 2.45) is 0 Å². The smallest absolute Gasteiger partial charge is 0.255 e. The molecular weight excluding hydrogens is 358 g/mol. The van der Waals surface area contributed by atoms with Crippen LogP contribution in [0, 0.1) is 0 Å². The summed E-state index contributed by atoms with van der Waals surface area (Å²) >= 11 is 0. The second-order valence-corrected chi connectivity index (χ2v) is 7.04. The molecule has 1 aromatic heterocycles. The third-order valence-corrected chi connectivity index (χ3v) is 5.03. The maximum absolute atomic E-state index is 12.7. The van der Waals surface area contributed by atoms with E-state index in [2.05, 4.69) is 10.3 Å². The standard InChI is InChI=1S/C21H23N3O4/c25-20(23-11-15-5-6-18-19(9-15)28-14-27-18)16-10-17(13-22-12-16)21(26)24-7-3-1-2-4-8-24/h5-6,9-10,12-13H,1-4,7-8,11,14H2,(H,23,25). The fourth-order valence-corrected chi connectivity index (χ4v) is 3.47. The lowest BCUT2D eigenvalue weighted by atomic mass is 10.1. The van der Waals surface area contributed by atoms with E-state index < -0.39 is 0 Å². The van der Waals surface area contributed by atoms with Crippen LogP contribution in [0.4, 0.5) is 0 Å². The molecule has 0 spiro atoms. The number of carbonyl (C=O) groups is 2. The number of hydrogen-bond acceptors (Lipinski definition) is 5. The van der Waals surface area contributed by atoms with Gasteiger partial charge in [0.25, 0.3) is 11.8 Å². The van der Waals surface area contributed by atoms with Gasteiger partial charge in [0.15, 0.2) is 11.5 Å². The van der Waals surface area contributed by atoms with Gasteiger partial charge < -0.3 is 19.7 Å². The minimum absolute atomic E-state index is 0.0557. The van der Waals surface area contributed by atoms with E-state index in [1.54, 1.807) is 6.07 Å². The van der Waals surface area contributed by atoms with E-state index in [1.807, 2.05) is 23.1 Å². The minimum Gasteiger partial charge on any atom is -0.454 e. The third-order valence-electron chi connectivity index (χ3n) is 5.03. The fraction of sp³-hybridized carbons (Fsp3) is 0.381. The summed E-state index contributed by atoms with van der Waals surface area (Å²) in [6.45, 7) is 2.09. The molecule has 2 aliphatic rings. The Morgan fingerprint density at radius 3 is 2.54 bits per heavy atom. The highest BCUT2D eigenvalue weighted by atomic mass is 16.7. The van der Waals surface area contributed by atoms with Gasteiger partial charge in [0, 0.05) is 32.0 Å². The monoisotopic (exact) mass is 381 g/mol. The van der Waals surface area contributed by atoms with Gasteiger partial charge in [0.05, 0.1) is 11.1 Å². The molecular formula is C21H23N3O4. The lowest BCUT2D eigenvalue weighted by Crippen LogP contribution is -2.32. The number of nitrogens with zero attached hydrogens (tertiary/aromatic N) is 2. The summed E-state index contributed by atoms with van der Waals surface area (Å²) in [5.41, 5.74) is 1.74. The van der Waals surface area contributed by atoms with Crippen LogP contribution in [0.5, 0.6) is 11.5 Å². The molecule has 1 aromatic carbocycles. The normalized spacial score (nSPS) is 15.8. The zero-order valence-electron chi connectivity index (χ0n) is 15.6. The Hall–Kier alpha value is -3.09. The first-order chi connectivity index (χ1) is 13.7. The Balaban J connectivity index is 1.40. The van der Waals surface area contributed by atoms with Gasteiger partial charge in [-0.1, -0.05) is 18.9 Å². The van der Waals surface area contributed by atoms with Crippen LogP contribution < -0.4 is 14.8 Å². The fourth-order valence-electron chi connectivity index (χ4n) is 3.47. The van der Waals surface area contributed by atoms with Crippen LogP contribution >= 0.6 is 0 Å². The first kappa shape index (κ1) is 18.3. The first-order valence-corrected chi connectivity index (χ1v) is 9.62. The summed E-state index contributed by atoms with van der Waals surface area (Å²) in [5, 5.41) is 2.86. The molecule has 7 nitrogen and oxygen atoms in total. The Bertz CT molecular complexity index is 876. The molecule has 2 amide bonds. The van der Waals surface area contributed by atoms with E-state index in [1.165, 1.54) is 12.4 Å². The third kappa shape index (κ3) is 4.08. The molecule has 2 aromatic rings. The van der Waals surface area contributed by atoms with Gasteiger partial charge in [-0.05, 0) is 36.6 Å². The lowest BCUT2D eigenvalue weighted by molar-refractivity contribution is 0.0761. The van der Waals surface area contributed by atoms with Crippen molar-refractivity contribution in [1.82, 2.24) is 15.2 Å².